The Labute approximate surface area is 160 Å². The predicted molar refractivity (Wildman–Crippen MR) is 101 cm³/mol. The molecular formula is C17H19N5O5S. The molecule has 1 aliphatic heterocycles. The van der Waals surface area contributed by atoms with Crippen molar-refractivity contribution >= 4 is 26.9 Å². The van der Waals surface area contributed by atoms with E-state index in [4.69, 9.17) is 9.15 Å². The molecule has 0 aliphatic carbocycles. The van der Waals surface area contributed by atoms with Gasteiger partial charge in [0.1, 0.15) is 11.6 Å². The predicted octanol–water partition coefficient (Wildman–Crippen LogP) is 0.237. The summed E-state index contributed by atoms with van der Waals surface area (Å²) in [7, 11) is -2.30. The van der Waals surface area contributed by atoms with Gasteiger partial charge in [-0.25, -0.2) is 27.9 Å². The molecule has 148 valence electrons. The van der Waals surface area contributed by atoms with E-state index in [1.807, 2.05) is 0 Å². The number of benzene rings is 1. The van der Waals surface area contributed by atoms with Crippen LogP contribution in [0.2, 0.25) is 0 Å². The topological polar surface area (TPSA) is 120 Å². The van der Waals surface area contributed by atoms with Gasteiger partial charge in [0.05, 0.1) is 30.2 Å². The fourth-order valence-corrected chi connectivity index (χ4v) is 3.96. The molecule has 3 heterocycles. The van der Waals surface area contributed by atoms with Crippen LogP contribution in [-0.2, 0) is 28.4 Å². The number of oxazole rings is 1. The quantitative estimate of drug-likeness (QED) is 0.641. The highest BCUT2D eigenvalue weighted by molar-refractivity contribution is 7.89. The van der Waals surface area contributed by atoms with Gasteiger partial charge in [0.2, 0.25) is 10.0 Å². The molecular weight excluding hydrogens is 386 g/mol. The lowest BCUT2D eigenvalue weighted by atomic mass is 10.3. The first kappa shape index (κ1) is 18.6. The van der Waals surface area contributed by atoms with E-state index in [0.717, 1.165) is 18.9 Å². The van der Waals surface area contributed by atoms with Crippen molar-refractivity contribution in [1.82, 2.24) is 19.3 Å². The van der Waals surface area contributed by atoms with Crippen molar-refractivity contribution in [3.63, 3.8) is 0 Å². The van der Waals surface area contributed by atoms with Crippen LogP contribution in [0.1, 0.15) is 5.82 Å². The lowest BCUT2D eigenvalue weighted by Crippen LogP contribution is -2.37. The molecule has 10 nitrogen and oxygen atoms in total. The van der Waals surface area contributed by atoms with Gasteiger partial charge in [0.25, 0.3) is 0 Å². The molecule has 0 bridgehead atoms. The second-order valence-electron chi connectivity index (χ2n) is 6.31. The summed E-state index contributed by atoms with van der Waals surface area (Å²) in [5, 5.41) is 0. The Balaban J connectivity index is 1.52. The van der Waals surface area contributed by atoms with E-state index in [1.165, 1.54) is 29.8 Å². The van der Waals surface area contributed by atoms with Crippen molar-refractivity contribution in [3.05, 3.63) is 46.8 Å². The Morgan fingerprint density at radius 2 is 2.00 bits per heavy atom. The van der Waals surface area contributed by atoms with Crippen LogP contribution in [0.5, 0.6) is 0 Å². The van der Waals surface area contributed by atoms with Crippen LogP contribution in [0.15, 0.2) is 44.6 Å². The molecule has 3 aromatic rings. The van der Waals surface area contributed by atoms with E-state index < -0.39 is 15.8 Å². The smallest absolute Gasteiger partial charge is 0.408 e. The van der Waals surface area contributed by atoms with Crippen LogP contribution < -0.4 is 15.4 Å². The molecule has 0 saturated carbocycles. The number of ether oxygens (including phenoxy) is 1. The largest absolute Gasteiger partial charge is 0.419 e. The zero-order valence-electron chi connectivity index (χ0n) is 15.2. The fourth-order valence-electron chi connectivity index (χ4n) is 2.96. The van der Waals surface area contributed by atoms with Crippen molar-refractivity contribution in [1.29, 1.82) is 0 Å². The molecule has 1 saturated heterocycles. The number of hydrogen-bond acceptors (Lipinski definition) is 8. The highest BCUT2D eigenvalue weighted by atomic mass is 32.2. The van der Waals surface area contributed by atoms with Crippen LogP contribution in [0.3, 0.4) is 0 Å². The van der Waals surface area contributed by atoms with Crippen molar-refractivity contribution < 1.29 is 17.6 Å². The van der Waals surface area contributed by atoms with E-state index in [-0.39, 0.29) is 11.4 Å². The molecule has 1 fully saturated rings. The standard InChI is InChI=1S/C17H19N5O5S/c1-21-13-10-12(2-3-14(13)27-17(21)23)28(24,25)19-11-15-18-5-4-16(20-15)22-6-8-26-9-7-22/h2-5,10,19H,6-9,11H2,1H3. The number of nitrogens with zero attached hydrogens (tertiary/aromatic N) is 4. The molecule has 1 N–H and O–H groups in total. The third-order valence-electron chi connectivity index (χ3n) is 4.52. The summed E-state index contributed by atoms with van der Waals surface area (Å²) in [5.74, 6) is 0.553. The molecule has 0 unspecified atom stereocenters. The van der Waals surface area contributed by atoms with Crippen molar-refractivity contribution in [3.8, 4) is 0 Å². The zero-order valence-corrected chi connectivity index (χ0v) is 16.0. The molecule has 1 aliphatic rings. The second kappa shape index (κ2) is 7.34. The van der Waals surface area contributed by atoms with Gasteiger partial charge in [0.15, 0.2) is 5.58 Å². The molecule has 11 heteroatoms. The summed E-state index contributed by atoms with van der Waals surface area (Å²) in [6, 6.07) is 6.03. The van der Waals surface area contributed by atoms with Crippen LogP contribution in [0.25, 0.3) is 11.1 Å². The van der Waals surface area contributed by atoms with E-state index in [0.29, 0.717) is 30.1 Å². The van der Waals surface area contributed by atoms with E-state index in [1.54, 1.807) is 12.3 Å². The minimum Gasteiger partial charge on any atom is -0.408 e. The van der Waals surface area contributed by atoms with Crippen LogP contribution in [0.4, 0.5) is 5.82 Å². The molecule has 0 atom stereocenters. The van der Waals surface area contributed by atoms with Gasteiger partial charge >= 0.3 is 5.76 Å². The van der Waals surface area contributed by atoms with Crippen LogP contribution in [0, 0.1) is 0 Å². The summed E-state index contributed by atoms with van der Waals surface area (Å²) >= 11 is 0. The maximum atomic E-state index is 12.6. The normalized spacial score (nSPS) is 15.2. The Hall–Kier alpha value is -2.76. The average molecular weight is 405 g/mol. The third kappa shape index (κ3) is 3.63. The van der Waals surface area contributed by atoms with Gasteiger partial charge in [0, 0.05) is 26.3 Å². The lowest BCUT2D eigenvalue weighted by molar-refractivity contribution is 0.122. The molecule has 28 heavy (non-hydrogen) atoms. The number of nitrogens with one attached hydrogen (secondary N) is 1. The van der Waals surface area contributed by atoms with E-state index in [9.17, 15) is 13.2 Å². The lowest BCUT2D eigenvalue weighted by Gasteiger charge is -2.27. The monoisotopic (exact) mass is 405 g/mol. The van der Waals surface area contributed by atoms with Crippen molar-refractivity contribution in [2.24, 2.45) is 7.05 Å². The first-order valence-electron chi connectivity index (χ1n) is 8.68. The number of aryl methyl sites for hydroxylation is 1. The number of aromatic nitrogens is 3. The second-order valence-corrected chi connectivity index (χ2v) is 8.08. The number of rotatable bonds is 5. The Morgan fingerprint density at radius 1 is 1.21 bits per heavy atom. The minimum absolute atomic E-state index is 0.0285. The molecule has 2 aromatic heterocycles. The summed E-state index contributed by atoms with van der Waals surface area (Å²) in [5.41, 5.74) is 0.728. The Kier molecular flexibility index (Phi) is 4.87. The van der Waals surface area contributed by atoms with Crippen molar-refractivity contribution in [2.75, 3.05) is 31.2 Å². The molecule has 0 spiro atoms. The van der Waals surface area contributed by atoms with Gasteiger partial charge in [-0.1, -0.05) is 0 Å². The van der Waals surface area contributed by atoms with Gasteiger partial charge in [-0.3, -0.25) is 4.57 Å². The third-order valence-corrected chi connectivity index (χ3v) is 5.92. The van der Waals surface area contributed by atoms with Crippen LogP contribution in [-0.4, -0.2) is 49.3 Å². The molecule has 0 radical (unpaired) electrons. The van der Waals surface area contributed by atoms with E-state index >= 15 is 0 Å². The number of sulfonamides is 1. The molecule has 0 amide bonds. The number of fused-ring (bicyclic) bond motifs is 1. The molecule has 4 rings (SSSR count). The van der Waals surface area contributed by atoms with Crippen molar-refractivity contribution in [2.45, 2.75) is 11.4 Å². The van der Waals surface area contributed by atoms with Gasteiger partial charge < -0.3 is 14.1 Å². The SMILES string of the molecule is Cn1c(=O)oc2ccc(S(=O)(=O)NCc3nccc(N4CCOCC4)n3)cc21. The average Bonchev–Trinajstić information content (AvgIpc) is 3.01. The summed E-state index contributed by atoms with van der Waals surface area (Å²) in [6.07, 6.45) is 1.61. The first-order valence-corrected chi connectivity index (χ1v) is 10.2. The Bertz CT molecular complexity index is 1160. The number of hydrogen-bond donors (Lipinski definition) is 1. The number of morpholine rings is 1. The van der Waals surface area contributed by atoms with E-state index in [2.05, 4.69) is 19.6 Å². The summed E-state index contributed by atoms with van der Waals surface area (Å²) in [6.45, 7) is 2.66. The zero-order chi connectivity index (χ0) is 19.7. The highest BCUT2D eigenvalue weighted by Crippen LogP contribution is 2.18. The summed E-state index contributed by atoms with van der Waals surface area (Å²) < 4.78 is 39.4. The highest BCUT2D eigenvalue weighted by Gasteiger charge is 2.18. The number of anilines is 1. The maximum Gasteiger partial charge on any atom is 0.419 e. The Morgan fingerprint density at radius 3 is 2.79 bits per heavy atom. The van der Waals surface area contributed by atoms with Crippen LogP contribution >= 0.6 is 0 Å². The maximum absolute atomic E-state index is 12.6. The van der Waals surface area contributed by atoms with Gasteiger partial charge in [-0.2, -0.15) is 0 Å². The summed E-state index contributed by atoms with van der Waals surface area (Å²) in [4.78, 5) is 22.2. The minimum atomic E-state index is -3.82. The molecule has 1 aromatic carbocycles. The van der Waals surface area contributed by atoms with Gasteiger partial charge in [-0.05, 0) is 24.3 Å². The first-order chi connectivity index (χ1) is 13.4. The van der Waals surface area contributed by atoms with Gasteiger partial charge in [-0.15, -0.1) is 0 Å². The fraction of sp³-hybridized carbons (Fsp3) is 0.353.